The van der Waals surface area contributed by atoms with Crippen molar-refractivity contribution in [1.29, 1.82) is 0 Å². The third-order valence-electron chi connectivity index (χ3n) is 2.72. The van der Waals surface area contributed by atoms with Gasteiger partial charge in [0, 0.05) is 29.9 Å². The van der Waals surface area contributed by atoms with Crippen LogP contribution in [-0.4, -0.2) is 10.8 Å². The molecule has 0 aliphatic carbocycles. The number of nitro benzene ring substituents is 1. The molecule has 0 aliphatic rings. The minimum absolute atomic E-state index is 0. The highest BCUT2D eigenvalue weighted by Gasteiger charge is 2.11. The highest BCUT2D eigenvalue weighted by Crippen LogP contribution is 2.13. The predicted molar refractivity (Wildman–Crippen MR) is 82.4 cm³/mol. The average Bonchev–Trinajstić information content (AvgIpc) is 2.45. The molecule has 2 aromatic rings. The SMILES string of the molecule is Cl.Nc1cccc(CNC(=O)c2cccc([N+](=O)[O-])c2)c1. The number of hydrogen-bond donors (Lipinski definition) is 2. The molecule has 2 rings (SSSR count). The number of nitro groups is 1. The Hall–Kier alpha value is -2.60. The number of rotatable bonds is 4. The molecule has 21 heavy (non-hydrogen) atoms. The fourth-order valence-corrected chi connectivity index (χ4v) is 1.75. The van der Waals surface area contributed by atoms with Gasteiger partial charge in [-0.15, -0.1) is 12.4 Å². The lowest BCUT2D eigenvalue weighted by atomic mass is 10.1. The van der Waals surface area contributed by atoms with E-state index in [0.29, 0.717) is 12.2 Å². The maximum Gasteiger partial charge on any atom is 0.270 e. The van der Waals surface area contributed by atoms with Gasteiger partial charge >= 0.3 is 0 Å². The van der Waals surface area contributed by atoms with Crippen molar-refractivity contribution in [2.45, 2.75) is 6.54 Å². The molecule has 0 bridgehead atoms. The molecular weight excluding hydrogens is 294 g/mol. The number of anilines is 1. The Balaban J connectivity index is 0.00000220. The number of halogens is 1. The zero-order chi connectivity index (χ0) is 14.5. The molecule has 0 heterocycles. The number of carbonyl (C=O) groups excluding carboxylic acids is 1. The summed E-state index contributed by atoms with van der Waals surface area (Å²) >= 11 is 0. The molecular formula is C14H14ClN3O3. The van der Waals surface area contributed by atoms with Crippen molar-refractivity contribution in [3.63, 3.8) is 0 Å². The Labute approximate surface area is 127 Å². The Bertz CT molecular complexity index is 661. The van der Waals surface area contributed by atoms with Crippen LogP contribution in [-0.2, 0) is 6.54 Å². The van der Waals surface area contributed by atoms with E-state index in [2.05, 4.69) is 5.32 Å². The normalized spacial score (nSPS) is 9.52. The molecule has 0 saturated carbocycles. The van der Waals surface area contributed by atoms with Gasteiger partial charge in [-0.05, 0) is 23.8 Å². The van der Waals surface area contributed by atoms with Crippen molar-refractivity contribution >= 4 is 29.7 Å². The van der Waals surface area contributed by atoms with Crippen molar-refractivity contribution in [1.82, 2.24) is 5.32 Å². The maximum absolute atomic E-state index is 11.9. The highest BCUT2D eigenvalue weighted by molar-refractivity contribution is 5.94. The monoisotopic (exact) mass is 307 g/mol. The third-order valence-corrected chi connectivity index (χ3v) is 2.72. The average molecular weight is 308 g/mol. The summed E-state index contributed by atoms with van der Waals surface area (Å²) < 4.78 is 0. The van der Waals surface area contributed by atoms with E-state index in [1.807, 2.05) is 6.07 Å². The van der Waals surface area contributed by atoms with Crippen LogP contribution in [0.1, 0.15) is 15.9 Å². The summed E-state index contributed by atoms with van der Waals surface area (Å²) in [6.07, 6.45) is 0. The van der Waals surface area contributed by atoms with Crippen LogP contribution < -0.4 is 11.1 Å². The van der Waals surface area contributed by atoms with E-state index in [4.69, 9.17) is 5.73 Å². The molecule has 0 unspecified atom stereocenters. The van der Waals surface area contributed by atoms with E-state index in [0.717, 1.165) is 5.56 Å². The molecule has 6 nitrogen and oxygen atoms in total. The summed E-state index contributed by atoms with van der Waals surface area (Å²) in [6, 6.07) is 12.7. The predicted octanol–water partition coefficient (Wildman–Crippen LogP) is 2.53. The van der Waals surface area contributed by atoms with Crippen LogP contribution in [0.4, 0.5) is 11.4 Å². The first-order chi connectivity index (χ1) is 9.56. The zero-order valence-electron chi connectivity index (χ0n) is 11.0. The molecule has 3 N–H and O–H groups in total. The first-order valence-corrected chi connectivity index (χ1v) is 5.93. The summed E-state index contributed by atoms with van der Waals surface area (Å²) in [5.74, 6) is -0.365. The van der Waals surface area contributed by atoms with Crippen LogP contribution in [0.15, 0.2) is 48.5 Å². The fraction of sp³-hybridized carbons (Fsp3) is 0.0714. The second kappa shape index (κ2) is 7.25. The van der Waals surface area contributed by atoms with Crippen molar-refractivity contribution in [3.05, 3.63) is 69.8 Å². The number of nitrogens with zero attached hydrogens (tertiary/aromatic N) is 1. The molecule has 0 spiro atoms. The molecule has 0 aliphatic heterocycles. The second-order valence-corrected chi connectivity index (χ2v) is 4.24. The molecule has 0 atom stereocenters. The van der Waals surface area contributed by atoms with E-state index in [9.17, 15) is 14.9 Å². The lowest BCUT2D eigenvalue weighted by molar-refractivity contribution is -0.384. The number of nitrogens with two attached hydrogens (primary N) is 1. The van der Waals surface area contributed by atoms with Gasteiger partial charge in [-0.3, -0.25) is 14.9 Å². The molecule has 0 aromatic heterocycles. The summed E-state index contributed by atoms with van der Waals surface area (Å²) in [4.78, 5) is 22.0. The van der Waals surface area contributed by atoms with Crippen molar-refractivity contribution in [2.24, 2.45) is 0 Å². The number of nitrogen functional groups attached to an aromatic ring is 1. The summed E-state index contributed by atoms with van der Waals surface area (Å²) in [7, 11) is 0. The smallest absolute Gasteiger partial charge is 0.270 e. The van der Waals surface area contributed by atoms with Crippen LogP contribution >= 0.6 is 12.4 Å². The minimum Gasteiger partial charge on any atom is -0.399 e. The van der Waals surface area contributed by atoms with Gasteiger partial charge in [0.2, 0.25) is 0 Å². The Morgan fingerprint density at radius 1 is 1.19 bits per heavy atom. The van der Waals surface area contributed by atoms with Gasteiger partial charge in [0.15, 0.2) is 0 Å². The molecule has 0 saturated heterocycles. The van der Waals surface area contributed by atoms with E-state index < -0.39 is 4.92 Å². The number of non-ortho nitro benzene ring substituents is 1. The van der Waals surface area contributed by atoms with Gasteiger partial charge in [-0.1, -0.05) is 18.2 Å². The number of hydrogen-bond acceptors (Lipinski definition) is 4. The molecule has 2 aromatic carbocycles. The van der Waals surface area contributed by atoms with Crippen molar-refractivity contribution in [2.75, 3.05) is 5.73 Å². The summed E-state index contributed by atoms with van der Waals surface area (Å²) in [5.41, 5.74) is 7.27. The Morgan fingerprint density at radius 3 is 2.57 bits per heavy atom. The van der Waals surface area contributed by atoms with Gasteiger partial charge < -0.3 is 11.1 Å². The van der Waals surface area contributed by atoms with Crippen LogP contribution in [0.25, 0.3) is 0 Å². The van der Waals surface area contributed by atoms with Gasteiger partial charge in [-0.2, -0.15) is 0 Å². The van der Waals surface area contributed by atoms with E-state index in [1.54, 1.807) is 18.2 Å². The molecule has 0 radical (unpaired) electrons. The van der Waals surface area contributed by atoms with Crippen LogP contribution in [0, 0.1) is 10.1 Å². The van der Waals surface area contributed by atoms with Crippen LogP contribution in [0.2, 0.25) is 0 Å². The standard InChI is InChI=1S/C14H13N3O3.ClH/c15-12-5-1-3-10(7-12)9-16-14(18)11-4-2-6-13(8-11)17(19)20;/h1-8H,9,15H2,(H,16,18);1H. The first-order valence-electron chi connectivity index (χ1n) is 5.93. The Kier molecular flexibility index (Phi) is 5.68. The molecule has 1 amide bonds. The second-order valence-electron chi connectivity index (χ2n) is 4.24. The molecule has 7 heteroatoms. The maximum atomic E-state index is 11.9. The number of benzene rings is 2. The van der Waals surface area contributed by atoms with Crippen LogP contribution in [0.5, 0.6) is 0 Å². The van der Waals surface area contributed by atoms with Crippen molar-refractivity contribution in [3.8, 4) is 0 Å². The van der Waals surface area contributed by atoms with E-state index in [-0.39, 0.29) is 29.6 Å². The molecule has 110 valence electrons. The van der Waals surface area contributed by atoms with Crippen LogP contribution in [0.3, 0.4) is 0 Å². The van der Waals surface area contributed by atoms with E-state index >= 15 is 0 Å². The lowest BCUT2D eigenvalue weighted by Gasteiger charge is -2.06. The lowest BCUT2D eigenvalue weighted by Crippen LogP contribution is -2.22. The highest BCUT2D eigenvalue weighted by atomic mass is 35.5. The fourth-order valence-electron chi connectivity index (χ4n) is 1.75. The zero-order valence-corrected chi connectivity index (χ0v) is 11.8. The van der Waals surface area contributed by atoms with Gasteiger partial charge in [0.05, 0.1) is 4.92 Å². The number of nitrogens with one attached hydrogen (secondary N) is 1. The van der Waals surface area contributed by atoms with Crippen molar-refractivity contribution < 1.29 is 9.72 Å². The molecule has 0 fully saturated rings. The number of amides is 1. The minimum atomic E-state index is -0.533. The topological polar surface area (TPSA) is 98.3 Å². The van der Waals surface area contributed by atoms with Gasteiger partial charge in [0.25, 0.3) is 11.6 Å². The number of carbonyl (C=O) groups is 1. The Morgan fingerprint density at radius 2 is 1.90 bits per heavy atom. The summed E-state index contributed by atoms with van der Waals surface area (Å²) in [6.45, 7) is 0.312. The van der Waals surface area contributed by atoms with Gasteiger partial charge in [-0.25, -0.2) is 0 Å². The quantitative estimate of drug-likeness (QED) is 0.515. The third kappa shape index (κ3) is 4.47. The largest absolute Gasteiger partial charge is 0.399 e. The summed E-state index contributed by atoms with van der Waals surface area (Å²) in [5, 5.41) is 13.3. The van der Waals surface area contributed by atoms with E-state index in [1.165, 1.54) is 24.3 Å². The van der Waals surface area contributed by atoms with Gasteiger partial charge in [0.1, 0.15) is 0 Å². The first kappa shape index (κ1) is 16.5.